The molecular formula is C54H70N6O9S2. The number of aromatic nitrogens is 2. The topological polar surface area (TPSA) is 193 Å². The number of fused-ring (bicyclic) bond motifs is 1. The van der Waals surface area contributed by atoms with Crippen LogP contribution in [0.4, 0.5) is 21.2 Å². The number of anilines is 2. The van der Waals surface area contributed by atoms with Crippen LogP contribution in [0.25, 0.3) is 0 Å². The van der Waals surface area contributed by atoms with Crippen molar-refractivity contribution in [2.75, 3.05) is 36.0 Å². The molecule has 4 N–H and O–H groups in total. The van der Waals surface area contributed by atoms with E-state index in [1.165, 1.54) is 25.7 Å². The molecule has 13 aliphatic rings. The molecule has 0 spiro atoms. The number of hydrogen-bond acceptors (Lipinski definition) is 14. The third-order valence-corrected chi connectivity index (χ3v) is 22.1. The second-order valence-electron chi connectivity index (χ2n) is 24.2. The lowest BCUT2D eigenvalue weighted by atomic mass is 9.52. The van der Waals surface area contributed by atoms with Crippen LogP contribution in [0.1, 0.15) is 149 Å². The van der Waals surface area contributed by atoms with Crippen molar-refractivity contribution < 1.29 is 43.6 Å². The second kappa shape index (κ2) is 18.5. The smallest absolute Gasteiger partial charge is 0.450 e. The highest BCUT2D eigenvalue weighted by Gasteiger charge is 2.60. The van der Waals surface area contributed by atoms with Crippen LogP contribution in [0.15, 0.2) is 34.3 Å². The molecule has 11 aliphatic carbocycles. The number of nitrogens with zero attached hydrogens (tertiary/aromatic N) is 4. The van der Waals surface area contributed by atoms with Crippen molar-refractivity contribution in [2.45, 2.75) is 184 Å². The molecule has 11 saturated carbocycles. The molecule has 4 heterocycles. The van der Waals surface area contributed by atoms with Gasteiger partial charge in [-0.05, 0) is 150 Å². The summed E-state index contributed by atoms with van der Waals surface area (Å²) in [5.41, 5.74) is 0.162. The number of thioether (sulfide) groups is 2. The predicted molar refractivity (Wildman–Crippen MR) is 267 cm³/mol. The molecule has 71 heavy (non-hydrogen) atoms. The van der Waals surface area contributed by atoms with Crippen LogP contribution in [0.5, 0.6) is 0 Å². The standard InChI is InChI=1S/C54H70N6O9S2/c61-47(57-44-31-17-29-18-32(44)24-53(66,21-29)23-31)38-9-11-42(55-49(38)70-36-5-1-2-6-36)59-15-13-35(14-16-59)67-52(65)69-54-22-30-19-33(25-54)45(34(20-30)26-54)58-48(62)39-10-12-43(56-50(39)71-37-7-3-4-8-37)60-27-40-41(28-60)46(40)68-51(63)64/h9-12,29-37,40-41,44-46,66H,1-8,13-28H2,(H,57,61)(H,58,62)(H,63,64)/t29?,30?,31?,32?,33?,34?,40-,41+,44?,45?,46?,53?,54?. The van der Waals surface area contributed by atoms with Gasteiger partial charge in [-0.2, -0.15) is 0 Å². The highest BCUT2D eigenvalue weighted by atomic mass is 32.2. The second-order valence-corrected chi connectivity index (χ2v) is 26.8. The van der Waals surface area contributed by atoms with Gasteiger partial charge in [0.15, 0.2) is 0 Å². The number of carboxylic acid groups (broad SMARTS) is 1. The van der Waals surface area contributed by atoms with Crippen LogP contribution in [0.2, 0.25) is 0 Å². The zero-order valence-corrected chi connectivity index (χ0v) is 42.4. The van der Waals surface area contributed by atoms with Gasteiger partial charge in [0.25, 0.3) is 11.8 Å². The summed E-state index contributed by atoms with van der Waals surface area (Å²) in [4.78, 5) is 68.0. The van der Waals surface area contributed by atoms with Gasteiger partial charge in [-0.3, -0.25) is 9.59 Å². The van der Waals surface area contributed by atoms with E-state index in [0.29, 0.717) is 84.3 Å². The number of aliphatic hydroxyl groups is 1. The monoisotopic (exact) mass is 1010 g/mol. The maximum absolute atomic E-state index is 14.3. The zero-order valence-electron chi connectivity index (χ0n) is 40.7. The normalized spacial score (nSPS) is 37.8. The number of pyridine rings is 2. The lowest BCUT2D eigenvalue weighted by Gasteiger charge is -2.58. The Labute approximate surface area is 424 Å². The Kier molecular flexibility index (Phi) is 12.2. The molecule has 7 atom stereocenters. The molecule has 15 nitrogen and oxygen atoms in total. The van der Waals surface area contributed by atoms with E-state index in [-0.39, 0.29) is 59.8 Å². The van der Waals surface area contributed by atoms with E-state index in [1.807, 2.05) is 24.3 Å². The first kappa shape index (κ1) is 46.8. The Morgan fingerprint density at radius 1 is 0.620 bits per heavy atom. The minimum atomic E-state index is -1.22. The van der Waals surface area contributed by atoms with Gasteiger partial charge >= 0.3 is 12.3 Å². The van der Waals surface area contributed by atoms with Gasteiger partial charge < -0.3 is 44.9 Å². The lowest BCUT2D eigenvalue weighted by molar-refractivity contribution is -0.156. The first-order valence-electron chi connectivity index (χ1n) is 27.4. The molecule has 2 saturated heterocycles. The maximum atomic E-state index is 14.3. The third-order valence-electron chi connectivity index (χ3n) is 19.4. The van der Waals surface area contributed by atoms with Crippen molar-refractivity contribution >= 4 is 59.3 Å². The molecule has 2 aliphatic heterocycles. The highest BCUT2D eigenvalue weighted by Crippen LogP contribution is 2.58. The van der Waals surface area contributed by atoms with Gasteiger partial charge in [0.2, 0.25) is 0 Å². The van der Waals surface area contributed by atoms with Crippen molar-refractivity contribution in [3.05, 3.63) is 35.4 Å². The van der Waals surface area contributed by atoms with Crippen molar-refractivity contribution in [3.63, 3.8) is 0 Å². The number of hydrogen-bond donors (Lipinski definition) is 4. The minimum Gasteiger partial charge on any atom is -0.450 e. The molecule has 5 unspecified atom stereocenters. The summed E-state index contributed by atoms with van der Waals surface area (Å²) in [6.45, 7) is 2.76. The Balaban J connectivity index is 0.619. The van der Waals surface area contributed by atoms with Gasteiger partial charge in [0, 0.05) is 73.4 Å². The summed E-state index contributed by atoms with van der Waals surface area (Å²) in [7, 11) is 0. The first-order chi connectivity index (χ1) is 34.4. The Bertz CT molecular complexity index is 2380. The van der Waals surface area contributed by atoms with Crippen LogP contribution < -0.4 is 20.4 Å². The molecule has 17 heteroatoms. The fourth-order valence-electron chi connectivity index (χ4n) is 16.5. The first-order valence-corrected chi connectivity index (χ1v) is 29.1. The summed E-state index contributed by atoms with van der Waals surface area (Å²) in [5, 5.41) is 29.7. The molecule has 0 aromatic carbocycles. The average Bonchev–Trinajstić information content (AvgIpc) is 3.90. The number of rotatable bonds is 13. The summed E-state index contributed by atoms with van der Waals surface area (Å²) in [6.07, 6.45) is 17.3. The van der Waals surface area contributed by atoms with E-state index in [2.05, 4.69) is 20.4 Å². The van der Waals surface area contributed by atoms with Crippen LogP contribution in [-0.2, 0) is 14.2 Å². The van der Waals surface area contributed by atoms with Gasteiger partial charge in [-0.25, -0.2) is 19.6 Å². The Morgan fingerprint density at radius 2 is 1.11 bits per heavy atom. The number of nitrogens with one attached hydrogen (secondary N) is 2. The fourth-order valence-corrected chi connectivity index (χ4v) is 19.2. The fraction of sp³-hybridized carbons (Fsp3) is 0.741. The lowest BCUT2D eigenvalue weighted by Crippen LogP contribution is -2.62. The Morgan fingerprint density at radius 3 is 1.62 bits per heavy atom. The number of carbonyl (C=O) groups is 4. The molecule has 0 radical (unpaired) electrons. The van der Waals surface area contributed by atoms with E-state index in [1.54, 1.807) is 23.5 Å². The van der Waals surface area contributed by atoms with E-state index in [4.69, 9.17) is 29.3 Å². The molecule has 2 amide bonds. The maximum Gasteiger partial charge on any atom is 0.509 e. The molecule has 13 fully saturated rings. The Hall–Kier alpha value is -3.96. The van der Waals surface area contributed by atoms with Crippen molar-refractivity contribution in [1.82, 2.24) is 20.6 Å². The summed E-state index contributed by atoms with van der Waals surface area (Å²) >= 11 is 3.49. The highest BCUT2D eigenvalue weighted by molar-refractivity contribution is 8.00. The van der Waals surface area contributed by atoms with Crippen LogP contribution in [-0.4, -0.2) is 116 Å². The van der Waals surface area contributed by atoms with Crippen LogP contribution in [0.3, 0.4) is 0 Å². The number of ether oxygens (including phenoxy) is 3. The molecule has 8 bridgehead atoms. The number of carbonyl (C=O) groups excluding carboxylic acids is 3. The van der Waals surface area contributed by atoms with Gasteiger partial charge in [0.05, 0.1) is 16.7 Å². The van der Waals surface area contributed by atoms with Crippen molar-refractivity contribution in [3.8, 4) is 0 Å². The third kappa shape index (κ3) is 9.26. The largest absolute Gasteiger partial charge is 0.509 e. The zero-order chi connectivity index (χ0) is 48.2. The summed E-state index contributed by atoms with van der Waals surface area (Å²) in [6, 6.07) is 7.95. The predicted octanol–water partition coefficient (Wildman–Crippen LogP) is 8.84. The van der Waals surface area contributed by atoms with Gasteiger partial charge in [-0.15, -0.1) is 23.5 Å². The van der Waals surface area contributed by atoms with Crippen LogP contribution in [0, 0.1) is 47.3 Å². The molecule has 2 aromatic rings. The molecule has 382 valence electrons. The van der Waals surface area contributed by atoms with Gasteiger partial charge in [-0.1, -0.05) is 25.7 Å². The van der Waals surface area contributed by atoms with Crippen LogP contribution >= 0.6 is 23.5 Å². The average molecular weight is 1010 g/mol. The summed E-state index contributed by atoms with van der Waals surface area (Å²) in [5.74, 6) is 4.09. The van der Waals surface area contributed by atoms with E-state index in [9.17, 15) is 24.3 Å². The van der Waals surface area contributed by atoms with Crippen molar-refractivity contribution in [2.24, 2.45) is 47.3 Å². The molecular weight excluding hydrogens is 941 g/mol. The molecule has 15 rings (SSSR count). The van der Waals surface area contributed by atoms with E-state index in [0.717, 1.165) is 112 Å². The van der Waals surface area contributed by atoms with Gasteiger partial charge in [0.1, 0.15) is 39.5 Å². The minimum absolute atomic E-state index is 0.00273. The van der Waals surface area contributed by atoms with E-state index >= 15 is 0 Å². The van der Waals surface area contributed by atoms with E-state index < -0.39 is 23.5 Å². The number of amides is 2. The SMILES string of the molecule is O=C(O)OC1[C@H]2CN(c3ccc(C(=O)NC4C5CC6CC4CC(OC(=O)OC4CCN(c7ccc(C(=O)NC8C9CC%10CC8CC(O)(C%10)C9)c(SC8CCCC8)n7)CC4)(C6)C5)c(SC4CCCC4)n3)C[C@@H]12. The van der Waals surface area contributed by atoms with Crippen molar-refractivity contribution in [1.29, 1.82) is 0 Å². The quantitative estimate of drug-likeness (QED) is 0.139. The molecule has 2 aromatic heterocycles. The summed E-state index contributed by atoms with van der Waals surface area (Å²) < 4.78 is 17.6. The number of piperidine rings is 2.